The maximum absolute atomic E-state index is 14.0. The summed E-state index contributed by atoms with van der Waals surface area (Å²) in [5.41, 5.74) is 4.38. The highest BCUT2D eigenvalue weighted by atomic mass is 32.2. The Morgan fingerprint density at radius 2 is 1.61 bits per heavy atom. The molecule has 0 fully saturated rings. The Balaban J connectivity index is 1.89. The van der Waals surface area contributed by atoms with Crippen molar-refractivity contribution in [1.82, 2.24) is 26.4 Å². The molecule has 0 saturated carbocycles. The van der Waals surface area contributed by atoms with Gasteiger partial charge in [-0.05, 0) is 52.8 Å². The predicted octanol–water partition coefficient (Wildman–Crippen LogP) is 5.56. The first-order valence-corrected chi connectivity index (χ1v) is 19.5. The largest absolute Gasteiger partial charge is 0.453 e. The van der Waals surface area contributed by atoms with Crippen LogP contribution in [0.4, 0.5) is 4.79 Å². The summed E-state index contributed by atoms with van der Waals surface area (Å²) in [4.78, 5) is 53.0. The third-order valence-corrected chi connectivity index (χ3v) is 10.4. The highest BCUT2D eigenvalue weighted by molar-refractivity contribution is 8.00. The topological polar surface area (TPSA) is 149 Å². The van der Waals surface area contributed by atoms with E-state index in [4.69, 9.17) is 4.74 Å². The number of methoxy groups -OCH3 is 1. The van der Waals surface area contributed by atoms with Crippen molar-refractivity contribution in [1.29, 1.82) is 0 Å². The number of thioether (sulfide) groups is 1. The number of alkyl carbamates (subject to hydrolysis) is 1. The Labute approximate surface area is 325 Å². The van der Waals surface area contributed by atoms with Gasteiger partial charge >= 0.3 is 6.09 Å². The van der Waals surface area contributed by atoms with E-state index in [2.05, 4.69) is 58.8 Å². The number of benzene rings is 2. The Morgan fingerprint density at radius 3 is 2.17 bits per heavy atom. The van der Waals surface area contributed by atoms with Crippen molar-refractivity contribution in [2.75, 3.05) is 26.0 Å². The number of allylic oxidation sites excluding steroid dienone is 1. The van der Waals surface area contributed by atoms with Gasteiger partial charge in [0.05, 0.1) is 7.11 Å². The van der Waals surface area contributed by atoms with Crippen LogP contribution in [0.2, 0.25) is 0 Å². The van der Waals surface area contributed by atoms with E-state index in [-0.39, 0.29) is 37.8 Å². The normalized spacial score (nSPS) is 16.2. The molecule has 0 bridgehead atoms. The molecule has 0 aliphatic carbocycles. The summed E-state index contributed by atoms with van der Waals surface area (Å²) in [5, 5.41) is 22.4. The van der Waals surface area contributed by atoms with Crippen LogP contribution in [0.1, 0.15) is 75.0 Å². The molecule has 0 aromatic heterocycles. The van der Waals surface area contributed by atoms with E-state index in [0.29, 0.717) is 24.6 Å². The van der Waals surface area contributed by atoms with Gasteiger partial charge in [0.15, 0.2) is 0 Å². The van der Waals surface area contributed by atoms with Gasteiger partial charge in [-0.25, -0.2) is 9.80 Å². The minimum Gasteiger partial charge on any atom is -0.453 e. The van der Waals surface area contributed by atoms with E-state index < -0.39 is 41.0 Å². The van der Waals surface area contributed by atoms with Gasteiger partial charge in [-0.3, -0.25) is 19.8 Å². The van der Waals surface area contributed by atoms with Gasteiger partial charge in [-0.15, -0.1) is 24.9 Å². The van der Waals surface area contributed by atoms with Crippen molar-refractivity contribution >= 4 is 35.6 Å². The van der Waals surface area contributed by atoms with Crippen LogP contribution in [0.3, 0.4) is 0 Å². The molecule has 294 valence electrons. The molecule has 0 unspecified atom stereocenters. The van der Waals surface area contributed by atoms with Gasteiger partial charge in [0, 0.05) is 37.1 Å². The molecule has 0 spiro atoms. The quantitative estimate of drug-likeness (QED) is 0.0871. The molecule has 0 saturated heterocycles. The average Bonchev–Trinajstić information content (AvgIpc) is 3.67. The maximum Gasteiger partial charge on any atom is 0.407 e. The molecule has 1 aliphatic rings. The minimum absolute atomic E-state index is 0.00287. The molecule has 0 radical (unpaired) electrons. The van der Waals surface area contributed by atoms with Crippen molar-refractivity contribution in [3.8, 4) is 0 Å². The number of nitrogens with zero attached hydrogens (tertiary/aromatic N) is 1. The van der Waals surface area contributed by atoms with Crippen LogP contribution < -0.4 is 21.4 Å². The first-order chi connectivity index (χ1) is 25.6. The van der Waals surface area contributed by atoms with Crippen molar-refractivity contribution < 1.29 is 29.0 Å². The predicted molar refractivity (Wildman–Crippen MR) is 216 cm³/mol. The van der Waals surface area contributed by atoms with Gasteiger partial charge in [-0.2, -0.15) is 0 Å². The fraction of sp³-hybridized carbons (Fsp3) is 0.476. The summed E-state index contributed by atoms with van der Waals surface area (Å²) in [5.74, 6) is -0.742. The number of aliphatic hydroxyl groups is 1. The Bertz CT molecular complexity index is 1600. The van der Waals surface area contributed by atoms with Gasteiger partial charge in [-0.1, -0.05) is 107 Å². The Kier molecular flexibility index (Phi) is 17.0. The molecule has 4 amide bonds. The number of carbonyl (C=O) groups is 4. The van der Waals surface area contributed by atoms with Crippen LogP contribution in [-0.2, 0) is 38.5 Å². The van der Waals surface area contributed by atoms with Crippen LogP contribution in [0, 0.1) is 11.3 Å². The molecule has 1 heterocycles. The van der Waals surface area contributed by atoms with Gasteiger partial charge in [0.2, 0.25) is 5.91 Å². The molecule has 2 aromatic rings. The number of rotatable bonds is 20. The second-order valence-electron chi connectivity index (χ2n) is 15.1. The van der Waals surface area contributed by atoms with Crippen molar-refractivity contribution in [3.05, 3.63) is 108 Å². The lowest BCUT2D eigenvalue weighted by Gasteiger charge is -2.34. The summed E-state index contributed by atoms with van der Waals surface area (Å²) in [6, 6.07) is 14.0. The van der Waals surface area contributed by atoms with Gasteiger partial charge in [0.1, 0.15) is 17.7 Å². The summed E-state index contributed by atoms with van der Waals surface area (Å²) in [6.45, 7) is 17.4. The highest BCUT2D eigenvalue weighted by Gasteiger charge is 2.39. The van der Waals surface area contributed by atoms with Crippen LogP contribution in [0.5, 0.6) is 0 Å². The van der Waals surface area contributed by atoms with Gasteiger partial charge < -0.3 is 25.8 Å². The van der Waals surface area contributed by atoms with Crippen LogP contribution in [-0.4, -0.2) is 77.6 Å². The van der Waals surface area contributed by atoms with E-state index in [1.807, 2.05) is 88.9 Å². The van der Waals surface area contributed by atoms with E-state index >= 15 is 0 Å². The Hall–Kier alpha value is -4.39. The Morgan fingerprint density at radius 1 is 0.963 bits per heavy atom. The second kappa shape index (κ2) is 20.9. The standard InChI is InChI=1S/C42H59N5O6S/c1-9-13-30-15-17-31(18-16-30)27-42(52,39(50)44-35(29(3)4)37(48)43-24-10-2)23-12-25-47(46-38(49)36(41(5,6)7)45-40(51)53-8)28-32-19-21-33(22-20-32)34-14-11-26-54-34/h9-11,14-22,29,34-36,52H,1-2,12-13,23-28H2,3-8H3,(H,43,48)(H,44,50)(H,45,51)(H,46,49)/t34-,35+,36-,42-/m1/s1. The third kappa shape index (κ3) is 13.5. The second-order valence-corrected chi connectivity index (χ2v) is 16.3. The fourth-order valence-corrected chi connectivity index (χ4v) is 7.12. The first kappa shape index (κ1) is 44.0. The molecule has 1 aliphatic heterocycles. The maximum atomic E-state index is 14.0. The van der Waals surface area contributed by atoms with Crippen molar-refractivity contribution in [2.24, 2.45) is 11.3 Å². The lowest BCUT2D eigenvalue weighted by atomic mass is 9.86. The number of ether oxygens (including phenoxy) is 1. The monoisotopic (exact) mass is 761 g/mol. The summed E-state index contributed by atoms with van der Waals surface area (Å²) < 4.78 is 4.80. The molecule has 12 heteroatoms. The number of hydrogen-bond acceptors (Lipinski definition) is 8. The average molecular weight is 762 g/mol. The van der Waals surface area contributed by atoms with Gasteiger partial charge in [0.25, 0.3) is 11.8 Å². The van der Waals surface area contributed by atoms with Crippen LogP contribution in [0.25, 0.3) is 0 Å². The highest BCUT2D eigenvalue weighted by Crippen LogP contribution is 2.34. The summed E-state index contributed by atoms with van der Waals surface area (Å²) in [6.07, 6.45) is 8.00. The third-order valence-electron chi connectivity index (χ3n) is 9.21. The number of hydrogen-bond donors (Lipinski definition) is 5. The smallest absolute Gasteiger partial charge is 0.407 e. The molecular formula is C42H59N5O6S. The van der Waals surface area contributed by atoms with Crippen LogP contribution in [0.15, 0.2) is 86.0 Å². The molecule has 11 nitrogen and oxygen atoms in total. The van der Waals surface area contributed by atoms with Crippen molar-refractivity contribution in [2.45, 2.75) is 89.8 Å². The molecule has 4 atom stereocenters. The zero-order chi connectivity index (χ0) is 39.9. The minimum atomic E-state index is -1.89. The zero-order valence-corrected chi connectivity index (χ0v) is 33.5. The van der Waals surface area contributed by atoms with Crippen molar-refractivity contribution in [3.63, 3.8) is 0 Å². The molecule has 54 heavy (non-hydrogen) atoms. The number of hydrazine groups is 1. The number of nitrogens with one attached hydrogen (secondary N) is 4. The first-order valence-electron chi connectivity index (χ1n) is 18.5. The van der Waals surface area contributed by atoms with E-state index in [0.717, 1.165) is 22.4 Å². The van der Waals surface area contributed by atoms with E-state index in [9.17, 15) is 24.3 Å². The zero-order valence-electron chi connectivity index (χ0n) is 32.7. The number of amides is 4. The SMILES string of the molecule is C=CCNC(=O)[C@@H](NC(=O)[C@@](O)(CCCN(Cc1ccc([C@H]2C=CCS2)cc1)NC(=O)[C@@H](NC(=O)OC)C(C)(C)C)Cc1ccc(CC=C)cc1)C(C)C. The van der Waals surface area contributed by atoms with E-state index in [1.165, 1.54) is 12.7 Å². The lowest BCUT2D eigenvalue weighted by molar-refractivity contribution is -0.144. The molecule has 2 aromatic carbocycles. The molecule has 3 rings (SSSR count). The molecule has 5 N–H and O–H groups in total. The number of carbonyl (C=O) groups excluding carboxylic acids is 4. The summed E-state index contributed by atoms with van der Waals surface area (Å²) in [7, 11) is 1.24. The lowest BCUT2D eigenvalue weighted by Crippen LogP contribution is -2.58. The molecular weight excluding hydrogens is 703 g/mol. The van der Waals surface area contributed by atoms with E-state index in [1.54, 1.807) is 11.1 Å². The fourth-order valence-electron chi connectivity index (χ4n) is 6.12. The van der Waals surface area contributed by atoms with Crippen LogP contribution >= 0.6 is 11.8 Å². The summed E-state index contributed by atoms with van der Waals surface area (Å²) >= 11 is 1.85.